The Kier molecular flexibility index (Phi) is 5.03. The average molecular weight is 345 g/mol. The topological polar surface area (TPSA) is 54.0 Å². The lowest BCUT2D eigenvalue weighted by Crippen LogP contribution is -2.12. The number of rotatable bonds is 4. The van der Waals surface area contributed by atoms with Crippen LogP contribution in [0.3, 0.4) is 0 Å². The molecule has 2 aromatic carbocycles. The number of hydrogen-bond donors (Lipinski definition) is 2. The standard InChI is InChI=1S/C22H23N3O/c1-14-9-15(2)11-20(10-14)24-21-8-7-19(13-23-21)25-22(26)18-6-5-16(3)17(4)12-18/h5-13H,1-4H3,(H,23,24)(H,25,26). The molecule has 1 aromatic heterocycles. The third kappa shape index (κ3) is 4.28. The van der Waals surface area contributed by atoms with E-state index in [1.54, 1.807) is 6.20 Å². The largest absolute Gasteiger partial charge is 0.340 e. The van der Waals surface area contributed by atoms with E-state index in [-0.39, 0.29) is 5.91 Å². The Hall–Kier alpha value is -3.14. The van der Waals surface area contributed by atoms with E-state index in [4.69, 9.17) is 0 Å². The molecular formula is C22H23N3O. The second-order valence-electron chi connectivity index (χ2n) is 6.69. The number of anilines is 3. The van der Waals surface area contributed by atoms with E-state index in [1.807, 2.05) is 44.2 Å². The maximum atomic E-state index is 12.4. The first-order valence-corrected chi connectivity index (χ1v) is 8.61. The van der Waals surface area contributed by atoms with E-state index in [0.29, 0.717) is 11.3 Å². The Balaban J connectivity index is 1.69. The molecule has 26 heavy (non-hydrogen) atoms. The van der Waals surface area contributed by atoms with Crippen molar-refractivity contribution in [3.05, 3.63) is 82.5 Å². The summed E-state index contributed by atoms with van der Waals surface area (Å²) in [5.74, 6) is 0.601. The summed E-state index contributed by atoms with van der Waals surface area (Å²) in [7, 11) is 0. The lowest BCUT2D eigenvalue weighted by molar-refractivity contribution is 0.102. The molecule has 0 radical (unpaired) electrons. The number of hydrogen-bond acceptors (Lipinski definition) is 3. The van der Waals surface area contributed by atoms with Gasteiger partial charge in [-0.3, -0.25) is 4.79 Å². The molecule has 132 valence electrons. The van der Waals surface area contributed by atoms with Gasteiger partial charge in [-0.25, -0.2) is 4.98 Å². The lowest BCUT2D eigenvalue weighted by atomic mass is 10.1. The number of nitrogens with one attached hydrogen (secondary N) is 2. The summed E-state index contributed by atoms with van der Waals surface area (Å²) in [4.78, 5) is 16.8. The van der Waals surface area contributed by atoms with Gasteiger partial charge >= 0.3 is 0 Å². The van der Waals surface area contributed by atoms with Gasteiger partial charge in [0, 0.05) is 11.3 Å². The van der Waals surface area contributed by atoms with Crippen LogP contribution in [0.5, 0.6) is 0 Å². The van der Waals surface area contributed by atoms with Crippen molar-refractivity contribution in [3.8, 4) is 0 Å². The molecule has 2 N–H and O–H groups in total. The van der Waals surface area contributed by atoms with Gasteiger partial charge in [-0.1, -0.05) is 12.1 Å². The molecule has 4 heteroatoms. The predicted octanol–water partition coefficient (Wildman–Crippen LogP) is 5.31. The van der Waals surface area contributed by atoms with Crippen molar-refractivity contribution in [2.24, 2.45) is 0 Å². The highest BCUT2D eigenvalue weighted by molar-refractivity contribution is 6.04. The molecule has 0 spiro atoms. The first-order chi connectivity index (χ1) is 12.4. The van der Waals surface area contributed by atoms with E-state index < -0.39 is 0 Å². The van der Waals surface area contributed by atoms with Gasteiger partial charge in [0.2, 0.25) is 0 Å². The fourth-order valence-electron chi connectivity index (χ4n) is 2.82. The van der Waals surface area contributed by atoms with E-state index in [0.717, 1.165) is 17.1 Å². The molecule has 0 saturated heterocycles. The first kappa shape index (κ1) is 17.7. The number of benzene rings is 2. The number of carbonyl (C=O) groups is 1. The van der Waals surface area contributed by atoms with Crippen LogP contribution < -0.4 is 10.6 Å². The highest BCUT2D eigenvalue weighted by Gasteiger charge is 2.08. The second-order valence-corrected chi connectivity index (χ2v) is 6.69. The summed E-state index contributed by atoms with van der Waals surface area (Å²) in [5, 5.41) is 6.17. The number of amides is 1. The number of carbonyl (C=O) groups excluding carboxylic acids is 1. The minimum absolute atomic E-state index is 0.134. The fraction of sp³-hybridized carbons (Fsp3) is 0.182. The molecular weight excluding hydrogens is 322 g/mol. The minimum Gasteiger partial charge on any atom is -0.340 e. The predicted molar refractivity (Wildman–Crippen MR) is 107 cm³/mol. The monoisotopic (exact) mass is 345 g/mol. The molecule has 0 bridgehead atoms. The third-order valence-corrected chi connectivity index (χ3v) is 4.28. The quantitative estimate of drug-likeness (QED) is 0.673. The lowest BCUT2D eigenvalue weighted by Gasteiger charge is -2.10. The summed E-state index contributed by atoms with van der Waals surface area (Å²) in [6.07, 6.45) is 1.66. The van der Waals surface area contributed by atoms with Crippen molar-refractivity contribution in [2.45, 2.75) is 27.7 Å². The van der Waals surface area contributed by atoms with Crippen molar-refractivity contribution < 1.29 is 4.79 Å². The number of nitrogens with zero attached hydrogens (tertiary/aromatic N) is 1. The van der Waals surface area contributed by atoms with Crippen LogP contribution in [0.2, 0.25) is 0 Å². The van der Waals surface area contributed by atoms with Crippen molar-refractivity contribution in [2.75, 3.05) is 10.6 Å². The van der Waals surface area contributed by atoms with E-state index >= 15 is 0 Å². The smallest absolute Gasteiger partial charge is 0.255 e. The summed E-state index contributed by atoms with van der Waals surface area (Å²) in [6.45, 7) is 8.16. The molecule has 0 aliphatic carbocycles. The third-order valence-electron chi connectivity index (χ3n) is 4.28. The van der Waals surface area contributed by atoms with Crippen molar-refractivity contribution in [1.82, 2.24) is 4.98 Å². The first-order valence-electron chi connectivity index (χ1n) is 8.61. The summed E-state index contributed by atoms with van der Waals surface area (Å²) in [6, 6.07) is 15.7. The Morgan fingerprint density at radius 2 is 1.54 bits per heavy atom. The maximum Gasteiger partial charge on any atom is 0.255 e. The molecule has 0 aliphatic rings. The zero-order chi connectivity index (χ0) is 18.7. The van der Waals surface area contributed by atoms with Gasteiger partial charge in [0.25, 0.3) is 5.91 Å². The molecule has 0 atom stereocenters. The normalized spacial score (nSPS) is 10.5. The van der Waals surface area contributed by atoms with Crippen LogP contribution in [0.1, 0.15) is 32.6 Å². The highest BCUT2D eigenvalue weighted by Crippen LogP contribution is 2.19. The summed E-state index contributed by atoms with van der Waals surface area (Å²) in [5.41, 5.74) is 6.98. The Bertz CT molecular complexity index is 926. The van der Waals surface area contributed by atoms with Crippen LogP contribution in [0, 0.1) is 27.7 Å². The van der Waals surface area contributed by atoms with Gasteiger partial charge in [-0.15, -0.1) is 0 Å². The zero-order valence-corrected chi connectivity index (χ0v) is 15.6. The van der Waals surface area contributed by atoms with E-state index in [9.17, 15) is 4.79 Å². The molecule has 4 nitrogen and oxygen atoms in total. The van der Waals surface area contributed by atoms with Gasteiger partial charge in [0.1, 0.15) is 5.82 Å². The molecule has 3 rings (SSSR count). The van der Waals surface area contributed by atoms with Gasteiger partial charge in [-0.2, -0.15) is 0 Å². The van der Waals surface area contributed by atoms with Crippen molar-refractivity contribution in [1.29, 1.82) is 0 Å². The molecule has 1 heterocycles. The van der Waals surface area contributed by atoms with Crippen LogP contribution in [0.4, 0.5) is 17.2 Å². The second kappa shape index (κ2) is 7.40. The van der Waals surface area contributed by atoms with E-state index in [2.05, 4.69) is 47.7 Å². The molecule has 0 fully saturated rings. The van der Waals surface area contributed by atoms with E-state index in [1.165, 1.54) is 16.7 Å². The van der Waals surface area contributed by atoms with Gasteiger partial charge in [0.15, 0.2) is 0 Å². The van der Waals surface area contributed by atoms with Gasteiger partial charge in [-0.05, 0) is 86.3 Å². The van der Waals surface area contributed by atoms with Crippen LogP contribution in [0.15, 0.2) is 54.7 Å². The van der Waals surface area contributed by atoms with Crippen LogP contribution in [-0.4, -0.2) is 10.9 Å². The molecule has 0 saturated carbocycles. The average Bonchev–Trinajstić information content (AvgIpc) is 2.58. The Morgan fingerprint density at radius 3 is 2.15 bits per heavy atom. The molecule has 3 aromatic rings. The Morgan fingerprint density at radius 1 is 0.808 bits per heavy atom. The van der Waals surface area contributed by atoms with Crippen LogP contribution in [0.25, 0.3) is 0 Å². The molecule has 0 unspecified atom stereocenters. The summed E-state index contributed by atoms with van der Waals surface area (Å²) >= 11 is 0. The molecule has 0 aliphatic heterocycles. The van der Waals surface area contributed by atoms with Crippen LogP contribution in [-0.2, 0) is 0 Å². The fourth-order valence-corrected chi connectivity index (χ4v) is 2.82. The number of aromatic nitrogens is 1. The van der Waals surface area contributed by atoms with Gasteiger partial charge in [0.05, 0.1) is 11.9 Å². The highest BCUT2D eigenvalue weighted by atomic mass is 16.1. The van der Waals surface area contributed by atoms with Gasteiger partial charge < -0.3 is 10.6 Å². The SMILES string of the molecule is Cc1cc(C)cc(Nc2ccc(NC(=O)c3ccc(C)c(C)c3)cn2)c1. The number of aryl methyl sites for hydroxylation is 4. The van der Waals surface area contributed by atoms with Crippen LogP contribution >= 0.6 is 0 Å². The zero-order valence-electron chi connectivity index (χ0n) is 15.6. The summed E-state index contributed by atoms with van der Waals surface area (Å²) < 4.78 is 0. The Labute approximate surface area is 154 Å². The molecule has 1 amide bonds. The van der Waals surface area contributed by atoms with Crippen molar-refractivity contribution >= 4 is 23.1 Å². The number of pyridine rings is 1. The van der Waals surface area contributed by atoms with Crippen molar-refractivity contribution in [3.63, 3.8) is 0 Å². The minimum atomic E-state index is -0.134. The maximum absolute atomic E-state index is 12.4.